The van der Waals surface area contributed by atoms with Gasteiger partial charge in [-0.3, -0.25) is 15.0 Å². The minimum Gasteiger partial charge on any atom is -0.391 e. The van der Waals surface area contributed by atoms with Gasteiger partial charge in [-0.1, -0.05) is 48.5 Å². The third-order valence-electron chi connectivity index (χ3n) is 6.51. The standard InChI is InChI=1S/C9H18N2O.2C9H17NO/c1-9(2,3)8(10)11-5-4-7(12)6-11;2*1-8(2)9(11)10-6-4-3-5-7-10/h7,10,12H,4-6H2,1-3H3;2*8H,3-7H2,1-2H3/t7-;;/m1../s1. The van der Waals surface area contributed by atoms with Crippen LogP contribution in [0.2, 0.25) is 0 Å². The molecule has 198 valence electrons. The summed E-state index contributed by atoms with van der Waals surface area (Å²) < 4.78 is 0. The lowest BCUT2D eigenvalue weighted by molar-refractivity contribution is -0.136. The number of piperidine rings is 2. The third kappa shape index (κ3) is 10.7. The molecule has 0 unspecified atom stereocenters. The van der Waals surface area contributed by atoms with Crippen LogP contribution in [0.25, 0.3) is 0 Å². The number of aliphatic hydroxyl groups excluding tert-OH is 1. The predicted octanol–water partition coefficient (Wildman–Crippen LogP) is 4.39. The van der Waals surface area contributed by atoms with Crippen LogP contribution in [0.1, 0.15) is 93.4 Å². The molecule has 2 amide bonds. The number of rotatable bonds is 2. The van der Waals surface area contributed by atoms with Crippen molar-refractivity contribution in [1.82, 2.24) is 14.7 Å². The molecule has 0 spiro atoms. The van der Waals surface area contributed by atoms with Crippen molar-refractivity contribution in [3.05, 3.63) is 0 Å². The number of β-amino-alcohol motifs (C(OH)–C–C–N with tert-alkyl or cyclic N) is 1. The Morgan fingerprint density at radius 1 is 0.735 bits per heavy atom. The second-order valence-corrected chi connectivity index (χ2v) is 11.6. The zero-order valence-corrected chi connectivity index (χ0v) is 23.0. The number of hydrogen-bond acceptors (Lipinski definition) is 4. The van der Waals surface area contributed by atoms with Crippen LogP contribution >= 0.6 is 0 Å². The molecule has 0 aromatic rings. The van der Waals surface area contributed by atoms with E-state index in [0.29, 0.717) is 24.2 Å². The van der Waals surface area contributed by atoms with Crippen molar-refractivity contribution in [3.8, 4) is 0 Å². The fourth-order valence-corrected chi connectivity index (χ4v) is 4.38. The van der Waals surface area contributed by atoms with Crippen LogP contribution in [0.3, 0.4) is 0 Å². The van der Waals surface area contributed by atoms with Crippen molar-refractivity contribution in [3.63, 3.8) is 0 Å². The van der Waals surface area contributed by atoms with E-state index in [-0.39, 0.29) is 23.4 Å². The Bertz CT molecular complexity index is 596. The molecule has 0 aliphatic carbocycles. The number of nitrogens with one attached hydrogen (secondary N) is 1. The van der Waals surface area contributed by atoms with Gasteiger partial charge in [0.2, 0.25) is 11.8 Å². The second-order valence-electron chi connectivity index (χ2n) is 11.6. The monoisotopic (exact) mass is 480 g/mol. The van der Waals surface area contributed by atoms with E-state index in [2.05, 4.69) is 0 Å². The van der Waals surface area contributed by atoms with Gasteiger partial charge in [-0.15, -0.1) is 0 Å². The lowest BCUT2D eigenvalue weighted by atomic mass is 9.94. The van der Waals surface area contributed by atoms with Crippen LogP contribution < -0.4 is 0 Å². The summed E-state index contributed by atoms with van der Waals surface area (Å²) >= 11 is 0. The Hall–Kier alpha value is -1.63. The van der Waals surface area contributed by atoms with Crippen LogP contribution in [0, 0.1) is 22.7 Å². The number of nitrogens with zero attached hydrogens (tertiary/aromatic N) is 3. The molecule has 3 aliphatic rings. The van der Waals surface area contributed by atoms with Gasteiger partial charge in [0.1, 0.15) is 5.84 Å². The molecule has 3 aliphatic heterocycles. The molecule has 0 aromatic carbocycles. The summed E-state index contributed by atoms with van der Waals surface area (Å²) in [6, 6.07) is 0. The number of carbonyl (C=O) groups excluding carboxylic acids is 2. The lowest BCUT2D eigenvalue weighted by Crippen LogP contribution is -2.38. The third-order valence-corrected chi connectivity index (χ3v) is 6.51. The molecule has 34 heavy (non-hydrogen) atoms. The van der Waals surface area contributed by atoms with Gasteiger partial charge in [-0.05, 0) is 44.9 Å². The Morgan fingerprint density at radius 3 is 1.38 bits per heavy atom. The highest BCUT2D eigenvalue weighted by molar-refractivity contribution is 5.84. The topological polar surface area (TPSA) is 87.9 Å². The first-order valence-corrected chi connectivity index (χ1v) is 13.4. The van der Waals surface area contributed by atoms with Crippen molar-refractivity contribution in [1.29, 1.82) is 5.41 Å². The summed E-state index contributed by atoms with van der Waals surface area (Å²) in [6.07, 6.45) is 7.93. The number of amidine groups is 1. The molecule has 3 rings (SSSR count). The first-order valence-electron chi connectivity index (χ1n) is 13.4. The smallest absolute Gasteiger partial charge is 0.225 e. The average Bonchev–Trinajstić information content (AvgIpc) is 3.24. The number of hydrogen-bond donors (Lipinski definition) is 2. The van der Waals surface area contributed by atoms with Gasteiger partial charge in [0.25, 0.3) is 0 Å². The molecule has 3 fully saturated rings. The number of carbonyl (C=O) groups is 2. The van der Waals surface area contributed by atoms with Gasteiger partial charge in [0.15, 0.2) is 0 Å². The summed E-state index contributed by atoms with van der Waals surface area (Å²) in [7, 11) is 0. The van der Waals surface area contributed by atoms with Crippen molar-refractivity contribution in [2.24, 2.45) is 17.3 Å². The molecule has 0 bridgehead atoms. The molecular weight excluding hydrogens is 428 g/mol. The van der Waals surface area contributed by atoms with E-state index < -0.39 is 0 Å². The lowest BCUT2D eigenvalue weighted by Gasteiger charge is -2.28. The van der Waals surface area contributed by atoms with Gasteiger partial charge in [0.05, 0.1) is 6.10 Å². The van der Waals surface area contributed by atoms with Crippen molar-refractivity contribution in [2.75, 3.05) is 39.3 Å². The fraction of sp³-hybridized carbons (Fsp3) is 0.889. The molecule has 7 nitrogen and oxygen atoms in total. The average molecular weight is 481 g/mol. The quantitative estimate of drug-likeness (QED) is 0.453. The molecule has 0 radical (unpaired) electrons. The van der Waals surface area contributed by atoms with Crippen LogP contribution in [0.5, 0.6) is 0 Å². The van der Waals surface area contributed by atoms with Crippen LogP contribution in [0.15, 0.2) is 0 Å². The van der Waals surface area contributed by atoms with E-state index in [1.165, 1.54) is 38.5 Å². The largest absolute Gasteiger partial charge is 0.391 e. The van der Waals surface area contributed by atoms with E-state index >= 15 is 0 Å². The van der Waals surface area contributed by atoms with Crippen molar-refractivity contribution >= 4 is 17.6 Å². The minimum atomic E-state index is -0.229. The van der Waals surface area contributed by atoms with Crippen LogP contribution in [0.4, 0.5) is 0 Å². The molecule has 7 heteroatoms. The highest BCUT2D eigenvalue weighted by Crippen LogP contribution is 2.21. The van der Waals surface area contributed by atoms with Gasteiger partial charge in [0, 0.05) is 56.5 Å². The summed E-state index contributed by atoms with van der Waals surface area (Å²) in [5.41, 5.74) is -0.0932. The van der Waals surface area contributed by atoms with E-state index in [9.17, 15) is 14.7 Å². The van der Waals surface area contributed by atoms with Crippen LogP contribution in [-0.2, 0) is 9.59 Å². The SMILES string of the molecule is CC(C)(C)C(=N)N1CC[C@@H](O)C1.CC(C)C(=O)N1CCCCC1.CC(C)C(=O)N1CCCCC1. The second kappa shape index (κ2) is 14.7. The Kier molecular flexibility index (Phi) is 13.1. The highest BCUT2D eigenvalue weighted by atomic mass is 16.3. The Morgan fingerprint density at radius 2 is 1.12 bits per heavy atom. The van der Waals surface area contributed by atoms with Crippen molar-refractivity contribution < 1.29 is 14.7 Å². The van der Waals surface area contributed by atoms with Gasteiger partial charge < -0.3 is 19.8 Å². The highest BCUT2D eigenvalue weighted by Gasteiger charge is 2.28. The maximum Gasteiger partial charge on any atom is 0.225 e. The molecule has 0 aromatic heterocycles. The van der Waals surface area contributed by atoms with Gasteiger partial charge >= 0.3 is 0 Å². The van der Waals surface area contributed by atoms with Crippen molar-refractivity contribution in [2.45, 2.75) is 99.5 Å². The van der Waals surface area contributed by atoms with E-state index in [1.807, 2.05) is 63.2 Å². The normalized spacial score (nSPS) is 21.0. The first kappa shape index (κ1) is 30.4. The summed E-state index contributed by atoms with van der Waals surface area (Å²) in [5, 5.41) is 17.1. The van der Waals surface area contributed by atoms with Gasteiger partial charge in [-0.25, -0.2) is 0 Å². The maximum atomic E-state index is 11.4. The van der Waals surface area contributed by atoms with E-state index in [1.54, 1.807) is 0 Å². The zero-order chi connectivity index (χ0) is 25.9. The molecule has 2 N–H and O–H groups in total. The van der Waals surface area contributed by atoms with Gasteiger partial charge in [-0.2, -0.15) is 0 Å². The summed E-state index contributed by atoms with van der Waals surface area (Å²) in [4.78, 5) is 28.8. The Labute approximate surface area is 208 Å². The Balaban J connectivity index is 0.000000255. The number of aliphatic hydroxyl groups is 1. The number of likely N-dealkylation sites (tertiary alicyclic amines) is 3. The molecule has 1 atom stereocenters. The zero-order valence-electron chi connectivity index (χ0n) is 23.0. The summed E-state index contributed by atoms with van der Waals surface area (Å²) in [6.45, 7) is 19.4. The fourth-order valence-electron chi connectivity index (χ4n) is 4.38. The maximum absolute atomic E-state index is 11.4. The molecular formula is C27H52N4O3. The van der Waals surface area contributed by atoms with E-state index in [0.717, 1.165) is 39.1 Å². The minimum absolute atomic E-state index is 0.0932. The van der Waals surface area contributed by atoms with Crippen LogP contribution in [-0.4, -0.2) is 82.8 Å². The first-order chi connectivity index (χ1) is 15.8. The summed E-state index contributed by atoms with van der Waals surface area (Å²) in [5.74, 6) is 1.63. The molecule has 3 saturated heterocycles. The molecule has 0 saturated carbocycles. The molecule has 3 heterocycles. The van der Waals surface area contributed by atoms with E-state index in [4.69, 9.17) is 5.41 Å². The number of amides is 2. The predicted molar refractivity (Wildman–Crippen MR) is 140 cm³/mol.